The first-order valence-corrected chi connectivity index (χ1v) is 10.3. The Balaban J connectivity index is 1.53. The number of likely N-dealkylation sites (tertiary alicyclic amines) is 1. The first-order chi connectivity index (χ1) is 14.8. The summed E-state index contributed by atoms with van der Waals surface area (Å²) in [5, 5.41) is 4.42. The molecule has 0 aliphatic carbocycles. The van der Waals surface area contributed by atoms with Crippen LogP contribution in [-0.2, 0) is 4.74 Å². The van der Waals surface area contributed by atoms with Crippen molar-refractivity contribution in [2.45, 2.75) is 38.8 Å². The zero-order chi connectivity index (χ0) is 22.0. The first kappa shape index (κ1) is 20.8. The molecule has 31 heavy (non-hydrogen) atoms. The molecule has 1 amide bonds. The van der Waals surface area contributed by atoms with Gasteiger partial charge >= 0.3 is 6.09 Å². The summed E-state index contributed by atoms with van der Waals surface area (Å²) in [7, 11) is 1.60. The van der Waals surface area contributed by atoms with E-state index in [1.165, 1.54) is 0 Å². The average Bonchev–Trinajstić information content (AvgIpc) is 3.21. The second-order valence-corrected chi connectivity index (χ2v) is 8.60. The minimum Gasteiger partial charge on any atom is -0.481 e. The number of nitrogens with one attached hydrogen (secondary N) is 1. The van der Waals surface area contributed by atoms with E-state index in [1.807, 2.05) is 45.0 Å². The van der Waals surface area contributed by atoms with Gasteiger partial charge in [0.25, 0.3) is 0 Å². The number of rotatable bonds is 4. The van der Waals surface area contributed by atoms with Gasteiger partial charge < -0.3 is 19.7 Å². The highest BCUT2D eigenvalue weighted by Crippen LogP contribution is 2.28. The monoisotopic (exact) mass is 421 g/mol. The molecule has 8 nitrogen and oxygen atoms in total. The van der Waals surface area contributed by atoms with Crippen LogP contribution in [0, 0.1) is 0 Å². The number of aromatic nitrogens is 3. The highest BCUT2D eigenvalue weighted by molar-refractivity contribution is 5.92. The number of amides is 1. The zero-order valence-corrected chi connectivity index (χ0v) is 18.3. The van der Waals surface area contributed by atoms with Crippen molar-refractivity contribution in [1.29, 1.82) is 0 Å². The maximum Gasteiger partial charge on any atom is 0.410 e. The minimum absolute atomic E-state index is 0.0944. The van der Waals surface area contributed by atoms with E-state index in [9.17, 15) is 4.79 Å². The van der Waals surface area contributed by atoms with Crippen LogP contribution in [0.2, 0.25) is 0 Å². The number of carbonyl (C=O) groups is 1. The topological polar surface area (TPSA) is 89.5 Å². The molecule has 1 aliphatic rings. The van der Waals surface area contributed by atoms with Crippen LogP contribution in [0.1, 0.15) is 27.2 Å². The maximum atomic E-state index is 12.4. The van der Waals surface area contributed by atoms with Crippen molar-refractivity contribution in [3.8, 4) is 17.0 Å². The number of anilines is 1. The number of hydrogen-bond acceptors (Lipinski definition) is 7. The molecule has 162 valence electrons. The third-order valence-corrected chi connectivity index (χ3v) is 5.09. The summed E-state index contributed by atoms with van der Waals surface area (Å²) in [6.45, 7) is 6.85. The van der Waals surface area contributed by atoms with E-state index in [1.54, 1.807) is 24.5 Å². The van der Waals surface area contributed by atoms with Crippen LogP contribution in [0.3, 0.4) is 0 Å². The first-order valence-electron chi connectivity index (χ1n) is 10.3. The lowest BCUT2D eigenvalue weighted by Crippen LogP contribution is -2.36. The molecule has 0 saturated carbocycles. The van der Waals surface area contributed by atoms with E-state index in [4.69, 9.17) is 9.47 Å². The van der Waals surface area contributed by atoms with Gasteiger partial charge in [-0.05, 0) is 51.0 Å². The summed E-state index contributed by atoms with van der Waals surface area (Å²) in [6.07, 6.45) is 3.89. The number of ether oxygens (including phenoxy) is 2. The van der Waals surface area contributed by atoms with Gasteiger partial charge in [0.15, 0.2) is 0 Å². The zero-order valence-electron chi connectivity index (χ0n) is 18.3. The SMILES string of the molecule is COc1ccc(-c2ccc3ncnc(N[C@@H]4CCN(C(=O)OC(C)(C)C)C4)c3c2)cn1. The van der Waals surface area contributed by atoms with Crippen LogP contribution in [0.5, 0.6) is 5.88 Å². The second-order valence-electron chi connectivity index (χ2n) is 8.60. The molecule has 0 bridgehead atoms. The summed E-state index contributed by atoms with van der Waals surface area (Å²) < 4.78 is 10.6. The van der Waals surface area contributed by atoms with Crippen LogP contribution in [0.25, 0.3) is 22.0 Å². The number of methoxy groups -OCH3 is 1. The lowest BCUT2D eigenvalue weighted by Gasteiger charge is -2.24. The van der Waals surface area contributed by atoms with Gasteiger partial charge in [0, 0.05) is 42.3 Å². The Labute approximate surface area is 181 Å². The van der Waals surface area contributed by atoms with E-state index in [-0.39, 0.29) is 12.1 Å². The highest BCUT2D eigenvalue weighted by atomic mass is 16.6. The molecule has 1 saturated heterocycles. The quantitative estimate of drug-likeness (QED) is 0.678. The maximum absolute atomic E-state index is 12.4. The van der Waals surface area contributed by atoms with Crippen LogP contribution >= 0.6 is 0 Å². The molecular formula is C23H27N5O3. The van der Waals surface area contributed by atoms with Crippen molar-refractivity contribution in [2.24, 2.45) is 0 Å². The number of carbonyl (C=O) groups excluding carboxylic acids is 1. The second kappa shape index (κ2) is 8.37. The lowest BCUT2D eigenvalue weighted by molar-refractivity contribution is 0.0293. The Morgan fingerprint density at radius 1 is 1.13 bits per heavy atom. The molecule has 2 aromatic heterocycles. The Morgan fingerprint density at radius 3 is 2.65 bits per heavy atom. The fraction of sp³-hybridized carbons (Fsp3) is 0.391. The molecule has 1 aliphatic heterocycles. The van der Waals surface area contributed by atoms with Crippen molar-refractivity contribution in [3.05, 3.63) is 42.9 Å². The molecule has 8 heteroatoms. The third kappa shape index (κ3) is 4.84. The largest absolute Gasteiger partial charge is 0.481 e. The van der Waals surface area contributed by atoms with Crippen molar-refractivity contribution in [2.75, 3.05) is 25.5 Å². The third-order valence-electron chi connectivity index (χ3n) is 5.09. The van der Waals surface area contributed by atoms with E-state index < -0.39 is 5.60 Å². The summed E-state index contributed by atoms with van der Waals surface area (Å²) in [5.74, 6) is 1.33. The van der Waals surface area contributed by atoms with Gasteiger partial charge in [-0.25, -0.2) is 19.7 Å². The van der Waals surface area contributed by atoms with Crippen molar-refractivity contribution < 1.29 is 14.3 Å². The molecule has 0 radical (unpaired) electrons. The van der Waals surface area contributed by atoms with Crippen molar-refractivity contribution in [3.63, 3.8) is 0 Å². The van der Waals surface area contributed by atoms with Crippen LogP contribution in [0.15, 0.2) is 42.9 Å². The average molecular weight is 422 g/mol. The molecule has 3 heterocycles. The summed E-state index contributed by atoms with van der Waals surface area (Å²) >= 11 is 0. The molecule has 1 N–H and O–H groups in total. The predicted octanol–water partition coefficient (Wildman–Crippen LogP) is 4.12. The van der Waals surface area contributed by atoms with E-state index >= 15 is 0 Å². The normalized spacial score (nSPS) is 16.4. The molecule has 1 aromatic carbocycles. The summed E-state index contributed by atoms with van der Waals surface area (Å²) in [6, 6.07) is 9.95. The molecule has 1 fully saturated rings. The Bertz CT molecular complexity index is 1080. The fourth-order valence-electron chi connectivity index (χ4n) is 3.59. The van der Waals surface area contributed by atoms with Crippen LogP contribution < -0.4 is 10.1 Å². The fourth-order valence-corrected chi connectivity index (χ4v) is 3.59. The minimum atomic E-state index is -0.502. The lowest BCUT2D eigenvalue weighted by atomic mass is 10.0. The Morgan fingerprint density at radius 2 is 1.94 bits per heavy atom. The van der Waals surface area contributed by atoms with Crippen molar-refractivity contribution >= 4 is 22.8 Å². The van der Waals surface area contributed by atoms with Gasteiger partial charge in [-0.15, -0.1) is 0 Å². The molecule has 4 rings (SSSR count). The number of nitrogens with zero attached hydrogens (tertiary/aromatic N) is 4. The van der Waals surface area contributed by atoms with E-state index in [2.05, 4.69) is 26.3 Å². The number of benzene rings is 1. The highest BCUT2D eigenvalue weighted by Gasteiger charge is 2.30. The van der Waals surface area contributed by atoms with Gasteiger partial charge in [-0.2, -0.15) is 0 Å². The predicted molar refractivity (Wildman–Crippen MR) is 119 cm³/mol. The smallest absolute Gasteiger partial charge is 0.410 e. The number of hydrogen-bond donors (Lipinski definition) is 1. The Hall–Kier alpha value is -3.42. The molecule has 3 aromatic rings. The standard InChI is InChI=1S/C23H27N5O3/c1-23(2,3)31-22(29)28-10-9-17(13-28)27-21-18-11-15(5-7-19(18)25-14-26-21)16-6-8-20(30-4)24-12-16/h5-8,11-12,14,17H,9-10,13H2,1-4H3,(H,25,26,27)/t17-/m1/s1. The molecule has 0 unspecified atom stereocenters. The van der Waals surface area contributed by atoms with Gasteiger partial charge in [0.1, 0.15) is 17.7 Å². The van der Waals surface area contributed by atoms with Crippen LogP contribution in [0.4, 0.5) is 10.6 Å². The van der Waals surface area contributed by atoms with Gasteiger partial charge in [0.05, 0.1) is 12.6 Å². The van der Waals surface area contributed by atoms with Gasteiger partial charge in [-0.1, -0.05) is 6.07 Å². The summed E-state index contributed by atoms with van der Waals surface area (Å²) in [4.78, 5) is 27.2. The Kier molecular flexibility index (Phi) is 5.63. The van der Waals surface area contributed by atoms with Crippen molar-refractivity contribution in [1.82, 2.24) is 19.9 Å². The van der Waals surface area contributed by atoms with Crippen LogP contribution in [-0.4, -0.2) is 57.8 Å². The summed E-state index contributed by atoms with van der Waals surface area (Å²) in [5.41, 5.74) is 2.35. The molecule has 1 atom stereocenters. The molecular weight excluding hydrogens is 394 g/mol. The molecule has 0 spiro atoms. The number of fused-ring (bicyclic) bond motifs is 1. The van der Waals surface area contributed by atoms with E-state index in [0.29, 0.717) is 19.0 Å². The number of pyridine rings is 1. The van der Waals surface area contributed by atoms with Gasteiger partial charge in [0.2, 0.25) is 5.88 Å². The van der Waals surface area contributed by atoms with E-state index in [0.717, 1.165) is 34.3 Å². The van der Waals surface area contributed by atoms with Gasteiger partial charge in [-0.3, -0.25) is 0 Å².